The number of primary amides is 1. The molecule has 2 atom stereocenters. The van der Waals surface area contributed by atoms with Crippen LogP contribution in [0.2, 0.25) is 0 Å². The van der Waals surface area contributed by atoms with E-state index >= 15 is 0 Å². The Bertz CT molecular complexity index is 354. The van der Waals surface area contributed by atoms with Gasteiger partial charge in [-0.15, -0.1) is 0 Å². The first-order chi connectivity index (χ1) is 7.02. The third kappa shape index (κ3) is 3.00. The number of carbonyl (C=O) groups is 1. The SMILES string of the molecule is Cc1cccnc1C(O)C(O)CC(N)=O. The predicted molar refractivity (Wildman–Crippen MR) is 53.8 cm³/mol. The number of carbonyl (C=O) groups excluding carboxylic acids is 1. The van der Waals surface area contributed by atoms with Gasteiger partial charge in [-0.25, -0.2) is 0 Å². The van der Waals surface area contributed by atoms with Gasteiger partial charge in [0.25, 0.3) is 0 Å². The van der Waals surface area contributed by atoms with Crippen LogP contribution < -0.4 is 5.73 Å². The third-order valence-electron chi connectivity index (χ3n) is 2.10. The van der Waals surface area contributed by atoms with Gasteiger partial charge in [0.2, 0.25) is 5.91 Å². The molecule has 5 nitrogen and oxygen atoms in total. The smallest absolute Gasteiger partial charge is 0.220 e. The van der Waals surface area contributed by atoms with Crippen molar-refractivity contribution in [2.45, 2.75) is 25.6 Å². The van der Waals surface area contributed by atoms with E-state index in [0.717, 1.165) is 5.56 Å². The van der Waals surface area contributed by atoms with E-state index in [-0.39, 0.29) is 6.42 Å². The number of pyridine rings is 1. The van der Waals surface area contributed by atoms with E-state index in [1.807, 2.05) is 0 Å². The lowest BCUT2D eigenvalue weighted by molar-refractivity contribution is -0.121. The normalized spacial score (nSPS) is 14.6. The molecule has 2 unspecified atom stereocenters. The summed E-state index contributed by atoms with van der Waals surface area (Å²) in [7, 11) is 0. The molecular formula is C10H14N2O3. The van der Waals surface area contributed by atoms with Gasteiger partial charge in [0.15, 0.2) is 0 Å². The van der Waals surface area contributed by atoms with Crippen LogP contribution in [0.15, 0.2) is 18.3 Å². The zero-order valence-electron chi connectivity index (χ0n) is 8.42. The van der Waals surface area contributed by atoms with E-state index in [0.29, 0.717) is 5.69 Å². The van der Waals surface area contributed by atoms with Crippen LogP contribution in [0, 0.1) is 6.92 Å². The Hall–Kier alpha value is -1.46. The summed E-state index contributed by atoms with van der Waals surface area (Å²) in [5.74, 6) is -0.657. The summed E-state index contributed by atoms with van der Waals surface area (Å²) >= 11 is 0. The molecule has 0 saturated carbocycles. The van der Waals surface area contributed by atoms with E-state index in [1.165, 1.54) is 6.20 Å². The van der Waals surface area contributed by atoms with E-state index in [4.69, 9.17) is 5.73 Å². The molecule has 0 fully saturated rings. The molecule has 0 bridgehead atoms. The van der Waals surface area contributed by atoms with Crippen LogP contribution in [-0.2, 0) is 4.79 Å². The molecule has 1 aromatic heterocycles. The van der Waals surface area contributed by atoms with Crippen molar-refractivity contribution in [2.24, 2.45) is 5.73 Å². The van der Waals surface area contributed by atoms with Crippen molar-refractivity contribution in [3.05, 3.63) is 29.6 Å². The minimum absolute atomic E-state index is 0.281. The summed E-state index contributed by atoms with van der Waals surface area (Å²) in [6.45, 7) is 1.77. The topological polar surface area (TPSA) is 96.4 Å². The highest BCUT2D eigenvalue weighted by molar-refractivity contribution is 5.74. The maximum Gasteiger partial charge on any atom is 0.220 e. The molecule has 0 radical (unpaired) electrons. The Morgan fingerprint density at radius 3 is 2.80 bits per heavy atom. The van der Waals surface area contributed by atoms with Crippen LogP contribution in [-0.4, -0.2) is 27.2 Å². The maximum atomic E-state index is 10.6. The molecule has 0 aliphatic rings. The second-order valence-corrected chi connectivity index (χ2v) is 3.39. The minimum atomic E-state index is -1.21. The van der Waals surface area contributed by atoms with Crippen molar-refractivity contribution >= 4 is 5.91 Å². The van der Waals surface area contributed by atoms with Crippen molar-refractivity contribution in [2.75, 3.05) is 0 Å². The molecule has 0 saturated heterocycles. The zero-order chi connectivity index (χ0) is 11.4. The van der Waals surface area contributed by atoms with E-state index in [9.17, 15) is 15.0 Å². The molecule has 1 heterocycles. The second kappa shape index (κ2) is 4.86. The van der Waals surface area contributed by atoms with Gasteiger partial charge in [-0.2, -0.15) is 0 Å². The van der Waals surface area contributed by atoms with Crippen LogP contribution in [0.1, 0.15) is 23.8 Å². The molecule has 4 N–H and O–H groups in total. The number of aryl methyl sites for hydroxylation is 1. The van der Waals surface area contributed by atoms with Gasteiger partial charge in [-0.1, -0.05) is 6.07 Å². The maximum absolute atomic E-state index is 10.6. The van der Waals surface area contributed by atoms with E-state index in [2.05, 4.69) is 4.98 Å². The average Bonchev–Trinajstić information content (AvgIpc) is 2.16. The van der Waals surface area contributed by atoms with Gasteiger partial charge in [0.05, 0.1) is 18.2 Å². The van der Waals surface area contributed by atoms with Gasteiger partial charge < -0.3 is 15.9 Å². The fraction of sp³-hybridized carbons (Fsp3) is 0.400. The zero-order valence-corrected chi connectivity index (χ0v) is 8.42. The Balaban J connectivity index is 2.80. The third-order valence-corrected chi connectivity index (χ3v) is 2.10. The highest BCUT2D eigenvalue weighted by atomic mass is 16.3. The van der Waals surface area contributed by atoms with E-state index < -0.39 is 18.1 Å². The molecule has 82 valence electrons. The molecule has 1 amide bonds. The number of nitrogens with two attached hydrogens (primary N) is 1. The molecule has 15 heavy (non-hydrogen) atoms. The first-order valence-electron chi connectivity index (χ1n) is 4.58. The van der Waals surface area contributed by atoms with Crippen molar-refractivity contribution < 1.29 is 15.0 Å². The van der Waals surface area contributed by atoms with E-state index in [1.54, 1.807) is 19.1 Å². The van der Waals surface area contributed by atoms with Gasteiger partial charge in [0.1, 0.15) is 6.10 Å². The summed E-state index contributed by atoms with van der Waals surface area (Å²) < 4.78 is 0. The summed E-state index contributed by atoms with van der Waals surface area (Å²) in [4.78, 5) is 14.5. The van der Waals surface area contributed by atoms with Crippen molar-refractivity contribution in [3.63, 3.8) is 0 Å². The van der Waals surface area contributed by atoms with Gasteiger partial charge in [-0.3, -0.25) is 9.78 Å². The van der Waals surface area contributed by atoms with Gasteiger partial charge in [-0.05, 0) is 18.6 Å². The summed E-state index contributed by atoms with van der Waals surface area (Å²) in [6, 6.07) is 3.49. The molecule has 0 aromatic carbocycles. The molecule has 5 heteroatoms. The number of aliphatic hydroxyl groups is 2. The highest BCUT2D eigenvalue weighted by Gasteiger charge is 2.22. The Morgan fingerprint density at radius 2 is 2.27 bits per heavy atom. The molecule has 1 rings (SSSR count). The van der Waals surface area contributed by atoms with Crippen LogP contribution in [0.3, 0.4) is 0 Å². The molecular weight excluding hydrogens is 196 g/mol. The van der Waals surface area contributed by atoms with Crippen LogP contribution in [0.25, 0.3) is 0 Å². The summed E-state index contributed by atoms with van der Waals surface area (Å²) in [6.07, 6.45) is -1.16. The summed E-state index contributed by atoms with van der Waals surface area (Å²) in [5, 5.41) is 19.2. The number of rotatable bonds is 4. The van der Waals surface area contributed by atoms with Crippen molar-refractivity contribution in [1.29, 1.82) is 0 Å². The predicted octanol–water partition coefficient (Wildman–Crippen LogP) is -0.340. The fourth-order valence-corrected chi connectivity index (χ4v) is 1.31. The largest absolute Gasteiger partial charge is 0.389 e. The number of nitrogens with zero attached hydrogens (tertiary/aromatic N) is 1. The molecule has 0 aliphatic carbocycles. The van der Waals surface area contributed by atoms with Crippen LogP contribution >= 0.6 is 0 Å². The summed E-state index contributed by atoms with van der Waals surface area (Å²) in [5.41, 5.74) is 6.04. The first kappa shape index (κ1) is 11.6. The Morgan fingerprint density at radius 1 is 1.60 bits per heavy atom. The second-order valence-electron chi connectivity index (χ2n) is 3.39. The average molecular weight is 210 g/mol. The number of hydrogen-bond donors (Lipinski definition) is 3. The lowest BCUT2D eigenvalue weighted by Gasteiger charge is -2.17. The van der Waals surface area contributed by atoms with Crippen molar-refractivity contribution in [3.8, 4) is 0 Å². The monoisotopic (exact) mass is 210 g/mol. The lowest BCUT2D eigenvalue weighted by atomic mass is 10.0. The fourth-order valence-electron chi connectivity index (χ4n) is 1.31. The van der Waals surface area contributed by atoms with Gasteiger partial charge >= 0.3 is 0 Å². The Kier molecular flexibility index (Phi) is 3.76. The number of aromatic nitrogens is 1. The van der Waals surface area contributed by atoms with Crippen molar-refractivity contribution in [1.82, 2.24) is 4.98 Å². The Labute approximate surface area is 87.6 Å². The molecule has 0 aliphatic heterocycles. The quantitative estimate of drug-likeness (QED) is 0.633. The molecule has 1 aromatic rings. The standard InChI is InChI=1S/C10H14N2O3/c1-6-3-2-4-12-9(6)10(15)7(13)5-8(11)14/h2-4,7,10,13,15H,5H2,1H3,(H2,11,14). The lowest BCUT2D eigenvalue weighted by Crippen LogP contribution is -2.26. The molecule has 0 spiro atoms. The van der Waals surface area contributed by atoms with Crippen LogP contribution in [0.5, 0.6) is 0 Å². The highest BCUT2D eigenvalue weighted by Crippen LogP contribution is 2.19. The number of aliphatic hydroxyl groups excluding tert-OH is 2. The first-order valence-corrected chi connectivity index (χ1v) is 4.58. The van der Waals surface area contributed by atoms with Gasteiger partial charge in [0, 0.05) is 6.20 Å². The van der Waals surface area contributed by atoms with Crippen LogP contribution in [0.4, 0.5) is 0 Å². The number of amides is 1. The minimum Gasteiger partial charge on any atom is -0.389 e. The number of hydrogen-bond acceptors (Lipinski definition) is 4.